The average molecular weight is 380 g/mol. The molecule has 0 saturated carbocycles. The van der Waals surface area contributed by atoms with E-state index in [2.05, 4.69) is 0 Å². The van der Waals surface area contributed by atoms with Crippen molar-refractivity contribution in [2.75, 3.05) is 26.7 Å². The van der Waals surface area contributed by atoms with E-state index in [0.717, 1.165) is 31.4 Å². The first-order valence-corrected chi connectivity index (χ1v) is 9.83. The molecule has 2 aliphatic rings. The highest BCUT2D eigenvalue weighted by Gasteiger charge is 2.45. The molecule has 1 unspecified atom stereocenters. The Morgan fingerprint density at radius 1 is 1.04 bits per heavy atom. The molecule has 2 fully saturated rings. The zero-order chi connectivity index (χ0) is 19.7. The Balaban J connectivity index is 1.49. The van der Waals surface area contributed by atoms with E-state index in [1.54, 1.807) is 23.1 Å². The van der Waals surface area contributed by atoms with E-state index in [1.165, 1.54) is 6.07 Å². The molecule has 0 aromatic heterocycles. The van der Waals surface area contributed by atoms with Crippen molar-refractivity contribution < 1.29 is 14.0 Å². The summed E-state index contributed by atoms with van der Waals surface area (Å²) in [7, 11) is 1.87. The van der Waals surface area contributed by atoms with Gasteiger partial charge in [0, 0.05) is 26.7 Å². The predicted molar refractivity (Wildman–Crippen MR) is 105 cm³/mol. The molecule has 2 amide bonds. The lowest BCUT2D eigenvalue weighted by molar-refractivity contribution is -0.139. The minimum atomic E-state index is -0.472. The number of carbonyl (C=O) groups excluding carboxylic acids is 2. The number of likely N-dealkylation sites (tertiary alicyclic amines) is 2. The molecular weight excluding hydrogens is 355 g/mol. The van der Waals surface area contributed by atoms with Crippen LogP contribution in [0.25, 0.3) is 0 Å². The highest BCUT2D eigenvalue weighted by molar-refractivity contribution is 5.94. The Labute approximate surface area is 164 Å². The van der Waals surface area contributed by atoms with Crippen LogP contribution < -0.4 is 0 Å². The summed E-state index contributed by atoms with van der Waals surface area (Å²) in [5.74, 6) is -0.678. The molecule has 2 saturated heterocycles. The number of carbonyl (C=O) groups is 2. The van der Waals surface area contributed by atoms with E-state index >= 15 is 0 Å². The maximum absolute atomic E-state index is 14.0. The van der Waals surface area contributed by atoms with Gasteiger partial charge in [-0.2, -0.15) is 0 Å². The van der Waals surface area contributed by atoms with Gasteiger partial charge in [0.2, 0.25) is 5.91 Å². The molecule has 2 heterocycles. The molecule has 0 bridgehead atoms. The summed E-state index contributed by atoms with van der Waals surface area (Å²) in [5, 5.41) is 0. The summed E-state index contributed by atoms with van der Waals surface area (Å²) in [6.07, 6.45) is 2.46. The van der Waals surface area contributed by atoms with Gasteiger partial charge in [-0.15, -0.1) is 0 Å². The Morgan fingerprint density at radius 3 is 2.36 bits per heavy atom. The summed E-state index contributed by atoms with van der Waals surface area (Å²) < 4.78 is 14.0. The van der Waals surface area contributed by atoms with Crippen molar-refractivity contribution in [2.45, 2.75) is 25.2 Å². The van der Waals surface area contributed by atoms with Gasteiger partial charge in [0.1, 0.15) is 5.82 Å². The predicted octanol–water partition coefficient (Wildman–Crippen LogP) is 3.69. The number of halogens is 1. The quantitative estimate of drug-likeness (QED) is 0.797. The van der Waals surface area contributed by atoms with Gasteiger partial charge >= 0.3 is 0 Å². The molecule has 1 atom stereocenters. The van der Waals surface area contributed by atoms with Gasteiger partial charge in [0.15, 0.2) is 0 Å². The van der Waals surface area contributed by atoms with Gasteiger partial charge in [-0.1, -0.05) is 42.5 Å². The van der Waals surface area contributed by atoms with E-state index in [0.29, 0.717) is 13.1 Å². The van der Waals surface area contributed by atoms with Gasteiger partial charge in [-0.25, -0.2) is 4.39 Å². The second kappa shape index (κ2) is 7.38. The monoisotopic (exact) mass is 380 g/mol. The smallest absolute Gasteiger partial charge is 0.256 e. The molecule has 146 valence electrons. The van der Waals surface area contributed by atoms with Crippen molar-refractivity contribution in [1.29, 1.82) is 0 Å². The number of amides is 2. The lowest BCUT2D eigenvalue weighted by Gasteiger charge is -2.49. The minimum absolute atomic E-state index is 0.00911. The highest BCUT2D eigenvalue weighted by atomic mass is 19.1. The minimum Gasteiger partial charge on any atom is -0.345 e. The van der Waals surface area contributed by atoms with Crippen LogP contribution in [0.2, 0.25) is 0 Å². The second-order valence-corrected chi connectivity index (χ2v) is 8.13. The van der Waals surface area contributed by atoms with Crippen molar-refractivity contribution in [1.82, 2.24) is 9.80 Å². The molecule has 0 radical (unpaired) electrons. The number of benzene rings is 2. The Morgan fingerprint density at radius 2 is 1.68 bits per heavy atom. The van der Waals surface area contributed by atoms with Crippen LogP contribution in [0.5, 0.6) is 0 Å². The van der Waals surface area contributed by atoms with Gasteiger partial charge in [0.05, 0.1) is 11.5 Å². The van der Waals surface area contributed by atoms with Crippen LogP contribution >= 0.6 is 0 Å². The normalized spacial score (nSPS) is 21.8. The summed E-state index contributed by atoms with van der Waals surface area (Å²) in [6, 6.07) is 16.1. The first kappa shape index (κ1) is 18.7. The Bertz CT molecular complexity index is 875. The topological polar surface area (TPSA) is 40.6 Å². The van der Waals surface area contributed by atoms with E-state index < -0.39 is 5.82 Å². The van der Waals surface area contributed by atoms with Crippen LogP contribution in [0, 0.1) is 11.2 Å². The molecule has 2 aliphatic heterocycles. The van der Waals surface area contributed by atoms with E-state index in [-0.39, 0.29) is 28.7 Å². The molecular formula is C23H25FN2O2. The lowest BCUT2D eigenvalue weighted by atomic mass is 9.67. The summed E-state index contributed by atoms with van der Waals surface area (Å²) in [5.41, 5.74) is 1.20. The fourth-order valence-electron chi connectivity index (χ4n) is 4.73. The molecule has 2 aromatic carbocycles. The van der Waals surface area contributed by atoms with Gasteiger partial charge in [-0.05, 0) is 42.4 Å². The second-order valence-electron chi connectivity index (χ2n) is 8.13. The van der Waals surface area contributed by atoms with Crippen LogP contribution in [-0.2, 0) is 4.79 Å². The van der Waals surface area contributed by atoms with Gasteiger partial charge in [-0.3, -0.25) is 9.59 Å². The van der Waals surface area contributed by atoms with Crippen molar-refractivity contribution in [3.05, 3.63) is 71.5 Å². The zero-order valence-electron chi connectivity index (χ0n) is 16.1. The number of piperidine rings is 2. The van der Waals surface area contributed by atoms with E-state index in [1.807, 2.05) is 42.3 Å². The molecule has 2 aromatic rings. The maximum Gasteiger partial charge on any atom is 0.256 e. The zero-order valence-corrected chi connectivity index (χ0v) is 16.1. The van der Waals surface area contributed by atoms with Gasteiger partial charge in [0.25, 0.3) is 5.91 Å². The molecule has 0 aliphatic carbocycles. The summed E-state index contributed by atoms with van der Waals surface area (Å²) in [6.45, 7) is 1.91. The van der Waals surface area contributed by atoms with Crippen molar-refractivity contribution in [2.24, 2.45) is 5.41 Å². The van der Waals surface area contributed by atoms with Crippen molar-refractivity contribution in [3.8, 4) is 0 Å². The van der Waals surface area contributed by atoms with Crippen molar-refractivity contribution >= 4 is 11.8 Å². The maximum atomic E-state index is 14.0. The van der Waals surface area contributed by atoms with Crippen LogP contribution in [-0.4, -0.2) is 48.3 Å². The fraction of sp³-hybridized carbons (Fsp3) is 0.391. The van der Waals surface area contributed by atoms with Crippen LogP contribution in [0.15, 0.2) is 54.6 Å². The molecule has 0 N–H and O–H groups in total. The number of likely N-dealkylation sites (N-methyl/N-ethyl adjacent to an activating group) is 1. The SMILES string of the molecule is CN1CC2(CCN(C(=O)c3ccccc3F)CC2)CC(c2ccccc2)C1=O. The number of nitrogens with zero attached hydrogens (tertiary/aromatic N) is 2. The molecule has 28 heavy (non-hydrogen) atoms. The molecule has 5 heteroatoms. The van der Waals surface area contributed by atoms with Crippen LogP contribution in [0.3, 0.4) is 0 Å². The summed E-state index contributed by atoms with van der Waals surface area (Å²) >= 11 is 0. The largest absolute Gasteiger partial charge is 0.345 e. The van der Waals surface area contributed by atoms with E-state index in [4.69, 9.17) is 0 Å². The third-order valence-corrected chi connectivity index (χ3v) is 6.30. The van der Waals surface area contributed by atoms with Crippen LogP contribution in [0.4, 0.5) is 4.39 Å². The van der Waals surface area contributed by atoms with Crippen LogP contribution in [0.1, 0.15) is 41.1 Å². The summed E-state index contributed by atoms with van der Waals surface area (Å²) in [4.78, 5) is 29.1. The Kier molecular flexibility index (Phi) is 4.92. The number of hydrogen-bond acceptors (Lipinski definition) is 2. The standard InChI is InChI=1S/C23H25FN2O2/c1-25-16-23(15-19(21(25)27)17-7-3-2-4-8-17)11-13-26(14-12-23)22(28)18-9-5-6-10-20(18)24/h2-10,19H,11-16H2,1H3. The molecule has 4 nitrogen and oxygen atoms in total. The van der Waals surface area contributed by atoms with E-state index in [9.17, 15) is 14.0 Å². The van der Waals surface area contributed by atoms with Gasteiger partial charge < -0.3 is 9.80 Å². The molecule has 4 rings (SSSR count). The Hall–Kier alpha value is -2.69. The number of hydrogen-bond donors (Lipinski definition) is 0. The third kappa shape index (κ3) is 3.41. The highest BCUT2D eigenvalue weighted by Crippen LogP contribution is 2.45. The fourth-order valence-corrected chi connectivity index (χ4v) is 4.73. The first-order valence-electron chi connectivity index (χ1n) is 9.83. The average Bonchev–Trinajstić information content (AvgIpc) is 2.72. The number of rotatable bonds is 2. The van der Waals surface area contributed by atoms with Crippen molar-refractivity contribution in [3.63, 3.8) is 0 Å². The molecule has 1 spiro atoms. The third-order valence-electron chi connectivity index (χ3n) is 6.30. The first-order chi connectivity index (χ1) is 13.5. The lowest BCUT2D eigenvalue weighted by Crippen LogP contribution is -2.53.